The molecule has 2 unspecified atom stereocenters. The van der Waals surface area contributed by atoms with E-state index in [2.05, 4.69) is 13.8 Å². The molecular weight excluding hydrogens is 254 g/mol. The third-order valence-electron chi connectivity index (χ3n) is 4.77. The van der Waals surface area contributed by atoms with E-state index in [-0.39, 0.29) is 11.5 Å². The van der Waals surface area contributed by atoms with Crippen LogP contribution in [0.15, 0.2) is 0 Å². The zero-order valence-corrected chi connectivity index (χ0v) is 13.4. The van der Waals surface area contributed by atoms with Gasteiger partial charge in [-0.1, -0.05) is 13.8 Å². The van der Waals surface area contributed by atoms with Crippen molar-refractivity contribution in [2.24, 2.45) is 17.3 Å². The Morgan fingerprint density at radius 2 is 1.95 bits per heavy atom. The minimum atomic E-state index is -0.449. The number of ketones is 1. The molecule has 1 saturated heterocycles. The highest BCUT2D eigenvalue weighted by Crippen LogP contribution is 2.45. The molecule has 0 aromatic heterocycles. The number of rotatable bonds is 0. The lowest BCUT2D eigenvalue weighted by Gasteiger charge is -2.48. The summed E-state index contributed by atoms with van der Waals surface area (Å²) in [5.74, 6) is 1.22. The van der Waals surface area contributed by atoms with E-state index in [0.29, 0.717) is 30.6 Å². The average molecular weight is 281 g/mol. The molecule has 1 saturated carbocycles. The lowest BCUT2D eigenvalue weighted by Crippen LogP contribution is -2.53. The molecule has 0 spiro atoms. The molecule has 0 N–H and O–H groups in total. The van der Waals surface area contributed by atoms with Crippen molar-refractivity contribution in [2.45, 2.75) is 59.5 Å². The van der Waals surface area contributed by atoms with Crippen LogP contribution in [0.5, 0.6) is 0 Å². The minimum absolute atomic E-state index is 0.217. The number of nitrogens with zero attached hydrogens (tertiary/aromatic N) is 1. The van der Waals surface area contributed by atoms with Crippen LogP contribution in [0.2, 0.25) is 0 Å². The Labute approximate surface area is 121 Å². The second kappa shape index (κ2) is 5.05. The molecular formula is C16H27NO3. The van der Waals surface area contributed by atoms with Crippen LogP contribution in [0.4, 0.5) is 4.79 Å². The van der Waals surface area contributed by atoms with Crippen molar-refractivity contribution in [1.29, 1.82) is 0 Å². The number of Topliss-reactive ketones (excluding diaryl/α,β-unsaturated/α-hetero) is 1. The predicted octanol–water partition coefficient (Wildman–Crippen LogP) is 3.25. The number of carbonyl (C=O) groups excluding carboxylic acids is 2. The monoisotopic (exact) mass is 281 g/mol. The van der Waals surface area contributed by atoms with Gasteiger partial charge in [0.1, 0.15) is 11.4 Å². The number of hydrogen-bond acceptors (Lipinski definition) is 3. The van der Waals surface area contributed by atoms with Crippen LogP contribution in [-0.2, 0) is 9.53 Å². The van der Waals surface area contributed by atoms with Gasteiger partial charge in [-0.2, -0.15) is 0 Å². The summed E-state index contributed by atoms with van der Waals surface area (Å²) in [4.78, 5) is 26.0. The van der Waals surface area contributed by atoms with Gasteiger partial charge in [0.25, 0.3) is 0 Å². The fourth-order valence-electron chi connectivity index (χ4n) is 3.61. The Bertz CT molecular complexity index is 408. The molecule has 2 atom stereocenters. The largest absolute Gasteiger partial charge is 0.444 e. The van der Waals surface area contributed by atoms with Gasteiger partial charge in [0.05, 0.1) is 0 Å². The number of fused-ring (bicyclic) bond motifs is 1. The fourth-order valence-corrected chi connectivity index (χ4v) is 3.61. The maximum absolute atomic E-state index is 12.2. The second-order valence-electron chi connectivity index (χ2n) is 7.77. The summed E-state index contributed by atoms with van der Waals surface area (Å²) in [6, 6.07) is 0. The number of hydrogen-bond donors (Lipinski definition) is 0. The number of likely N-dealkylation sites (tertiary alicyclic amines) is 1. The maximum Gasteiger partial charge on any atom is 0.410 e. The lowest BCUT2D eigenvalue weighted by molar-refractivity contribution is -0.137. The van der Waals surface area contributed by atoms with Crippen molar-refractivity contribution < 1.29 is 14.3 Å². The van der Waals surface area contributed by atoms with Crippen molar-refractivity contribution >= 4 is 11.9 Å². The van der Waals surface area contributed by atoms with Gasteiger partial charge >= 0.3 is 6.09 Å². The lowest BCUT2D eigenvalue weighted by atomic mass is 9.60. The topological polar surface area (TPSA) is 46.6 Å². The van der Waals surface area contributed by atoms with Crippen molar-refractivity contribution in [3.05, 3.63) is 0 Å². The van der Waals surface area contributed by atoms with Gasteiger partial charge in [-0.05, 0) is 45.4 Å². The molecule has 20 heavy (non-hydrogen) atoms. The van der Waals surface area contributed by atoms with Gasteiger partial charge in [0, 0.05) is 24.9 Å². The van der Waals surface area contributed by atoms with Crippen molar-refractivity contribution in [1.82, 2.24) is 4.90 Å². The van der Waals surface area contributed by atoms with Crippen LogP contribution in [0.3, 0.4) is 0 Å². The van der Waals surface area contributed by atoms with Crippen LogP contribution in [0.1, 0.15) is 53.9 Å². The quantitative estimate of drug-likeness (QED) is 0.684. The van der Waals surface area contributed by atoms with E-state index in [1.54, 1.807) is 0 Å². The van der Waals surface area contributed by atoms with Crippen LogP contribution < -0.4 is 0 Å². The molecule has 0 aromatic rings. The van der Waals surface area contributed by atoms with Crippen molar-refractivity contribution in [3.8, 4) is 0 Å². The van der Waals surface area contributed by atoms with E-state index in [1.807, 2.05) is 25.7 Å². The molecule has 4 heteroatoms. The molecule has 1 aliphatic heterocycles. The highest BCUT2D eigenvalue weighted by atomic mass is 16.6. The summed E-state index contributed by atoms with van der Waals surface area (Å²) >= 11 is 0. The molecule has 4 nitrogen and oxygen atoms in total. The first-order chi connectivity index (χ1) is 9.11. The van der Waals surface area contributed by atoms with E-state index < -0.39 is 5.60 Å². The van der Waals surface area contributed by atoms with E-state index >= 15 is 0 Å². The number of piperidine rings is 1. The van der Waals surface area contributed by atoms with Crippen LogP contribution in [0, 0.1) is 17.3 Å². The van der Waals surface area contributed by atoms with E-state index in [0.717, 1.165) is 19.4 Å². The first-order valence-electron chi connectivity index (χ1n) is 7.62. The minimum Gasteiger partial charge on any atom is -0.444 e. The van der Waals surface area contributed by atoms with Gasteiger partial charge < -0.3 is 9.64 Å². The van der Waals surface area contributed by atoms with Gasteiger partial charge in [-0.25, -0.2) is 4.79 Å². The van der Waals surface area contributed by atoms with Crippen molar-refractivity contribution in [3.63, 3.8) is 0 Å². The fraction of sp³-hybridized carbons (Fsp3) is 0.875. The molecule has 0 radical (unpaired) electrons. The summed E-state index contributed by atoms with van der Waals surface area (Å²) < 4.78 is 5.45. The standard InChI is InChI=1S/C16H27NO3/c1-15(2,3)20-14(19)17-9-8-12-11(10-17)6-7-13(18)16(12,4)5/h11-12H,6-10H2,1-5H3. The average Bonchev–Trinajstić information content (AvgIpc) is 2.32. The third kappa shape index (κ3) is 2.99. The zero-order valence-electron chi connectivity index (χ0n) is 13.4. The molecule has 1 aliphatic carbocycles. The van der Waals surface area contributed by atoms with Crippen LogP contribution in [0.25, 0.3) is 0 Å². The Kier molecular flexibility index (Phi) is 3.87. The van der Waals surface area contributed by atoms with E-state index in [1.165, 1.54) is 0 Å². The molecule has 2 rings (SSSR count). The number of amides is 1. The molecule has 114 valence electrons. The molecule has 1 heterocycles. The Balaban J connectivity index is 2.02. The molecule has 2 aliphatic rings. The van der Waals surface area contributed by atoms with Crippen LogP contribution in [-0.4, -0.2) is 35.5 Å². The van der Waals surface area contributed by atoms with Gasteiger partial charge in [-0.15, -0.1) is 0 Å². The summed E-state index contributed by atoms with van der Waals surface area (Å²) in [7, 11) is 0. The first kappa shape index (κ1) is 15.3. The third-order valence-corrected chi connectivity index (χ3v) is 4.77. The number of ether oxygens (including phenoxy) is 1. The smallest absolute Gasteiger partial charge is 0.410 e. The Morgan fingerprint density at radius 3 is 2.55 bits per heavy atom. The second-order valence-corrected chi connectivity index (χ2v) is 7.77. The molecule has 0 bridgehead atoms. The SMILES string of the molecule is CC(C)(C)OC(=O)N1CCC2C(CCC(=O)C2(C)C)C1. The Morgan fingerprint density at radius 1 is 1.30 bits per heavy atom. The molecule has 0 aromatic carbocycles. The van der Waals surface area contributed by atoms with Gasteiger partial charge in [-0.3, -0.25) is 4.79 Å². The first-order valence-corrected chi connectivity index (χ1v) is 7.62. The highest BCUT2D eigenvalue weighted by molar-refractivity contribution is 5.85. The summed E-state index contributed by atoms with van der Waals surface area (Å²) in [6.07, 6.45) is 2.25. The molecule has 2 fully saturated rings. The maximum atomic E-state index is 12.2. The van der Waals surface area contributed by atoms with Crippen LogP contribution >= 0.6 is 0 Å². The normalized spacial score (nSPS) is 29.9. The summed E-state index contributed by atoms with van der Waals surface area (Å²) in [6.45, 7) is 11.2. The number of carbonyl (C=O) groups is 2. The predicted molar refractivity (Wildman–Crippen MR) is 77.4 cm³/mol. The Hall–Kier alpha value is -1.06. The highest BCUT2D eigenvalue weighted by Gasteiger charge is 2.47. The summed E-state index contributed by atoms with van der Waals surface area (Å²) in [5.41, 5.74) is -0.682. The zero-order chi connectivity index (χ0) is 15.1. The molecule has 1 amide bonds. The summed E-state index contributed by atoms with van der Waals surface area (Å²) in [5, 5.41) is 0. The van der Waals surface area contributed by atoms with Crippen molar-refractivity contribution in [2.75, 3.05) is 13.1 Å². The van der Waals surface area contributed by atoms with Gasteiger partial charge in [0.2, 0.25) is 0 Å². The van der Waals surface area contributed by atoms with E-state index in [4.69, 9.17) is 4.74 Å². The van der Waals surface area contributed by atoms with E-state index in [9.17, 15) is 9.59 Å². The van der Waals surface area contributed by atoms with Gasteiger partial charge in [0.15, 0.2) is 0 Å².